The number of benzene rings is 3. The maximum absolute atomic E-state index is 13.3. The molecule has 3 aromatic rings. The molecule has 0 saturated heterocycles. The number of hydrogen-bond donors (Lipinski definition) is 4. The molecular formula is C45H52F6N2O8. The number of anilines is 2. The minimum atomic E-state index is -4.35. The fourth-order valence-electron chi connectivity index (χ4n) is 7.45. The van der Waals surface area contributed by atoms with Gasteiger partial charge in [0.25, 0.3) is 0 Å². The molecule has 3 aromatic carbocycles. The summed E-state index contributed by atoms with van der Waals surface area (Å²) in [6.45, 7) is -1.71. The van der Waals surface area contributed by atoms with Gasteiger partial charge in [-0.05, 0) is 128 Å². The molecule has 2 saturated carbocycles. The summed E-state index contributed by atoms with van der Waals surface area (Å²) in [6.07, 6.45) is -3.26. The number of hydrogen-bond acceptors (Lipinski definition) is 10. The van der Waals surface area contributed by atoms with Gasteiger partial charge in [0.2, 0.25) is 0 Å². The highest BCUT2D eigenvalue weighted by atomic mass is 19.4. The van der Waals surface area contributed by atoms with Crippen LogP contribution in [0.1, 0.15) is 74.0 Å². The summed E-state index contributed by atoms with van der Waals surface area (Å²) in [5, 5.41) is 22.6. The van der Waals surface area contributed by atoms with Gasteiger partial charge in [-0.25, -0.2) is 0 Å². The lowest BCUT2D eigenvalue weighted by molar-refractivity contribution is -0.189. The molecule has 2 fully saturated rings. The number of aliphatic hydroxyl groups excluding tert-OH is 2. The van der Waals surface area contributed by atoms with Gasteiger partial charge in [0.05, 0.1) is 31.3 Å². The highest BCUT2D eigenvalue weighted by molar-refractivity contribution is 6.01. The second kappa shape index (κ2) is 21.8. The van der Waals surface area contributed by atoms with E-state index in [0.717, 1.165) is 12.2 Å². The van der Waals surface area contributed by atoms with Gasteiger partial charge in [-0.1, -0.05) is 42.5 Å². The number of nitrogens with two attached hydrogens (primary N) is 2. The summed E-state index contributed by atoms with van der Waals surface area (Å²) >= 11 is 0. The normalized spacial score (nSPS) is 21.6. The van der Waals surface area contributed by atoms with E-state index in [9.17, 15) is 46.1 Å². The fraction of sp³-hybridized carbons (Fsp3) is 0.467. The number of aliphatic hydroxyl groups is 2. The lowest BCUT2D eigenvalue weighted by Gasteiger charge is -2.28. The van der Waals surface area contributed by atoms with Gasteiger partial charge in [-0.15, -0.1) is 0 Å². The Labute approximate surface area is 350 Å². The zero-order valence-electron chi connectivity index (χ0n) is 33.5. The molecule has 332 valence electrons. The molecule has 61 heavy (non-hydrogen) atoms. The third-order valence-corrected chi connectivity index (χ3v) is 10.9. The Balaban J connectivity index is 1.13. The standard InChI is InChI=1S/C45H52F6N2O8/c46-44(47,48)26-60-35-16-5-30(6-17-35)24-58-33-12-1-28(2-13-33)9-21-39(54)42(56)41(37-20-11-32(52)23-38(37)53)43(57)40(55)22-10-29-3-14-34(15-4-29)59-25-31-7-18-36(19-8-31)61-27-45(49,50)51/h1-4,9-15,20-23,30-31,35-36,41-43,56-57H,5-8,16-19,24-27,52-53H2/b21-9+,22-10+. The molecule has 6 N–H and O–H groups in total. The predicted molar refractivity (Wildman–Crippen MR) is 217 cm³/mol. The number of carbonyl (C=O) groups is 2. The van der Waals surface area contributed by atoms with Crippen LogP contribution in [-0.4, -0.2) is 85.0 Å². The molecule has 0 heterocycles. The molecule has 0 bridgehead atoms. The maximum atomic E-state index is 13.3. The number of ketones is 2. The van der Waals surface area contributed by atoms with Crippen molar-refractivity contribution in [1.82, 2.24) is 0 Å². The van der Waals surface area contributed by atoms with Crippen LogP contribution in [0.25, 0.3) is 12.2 Å². The Morgan fingerprint density at radius 3 is 1.38 bits per heavy atom. The van der Waals surface area contributed by atoms with Gasteiger partial charge >= 0.3 is 12.4 Å². The van der Waals surface area contributed by atoms with E-state index in [0.29, 0.717) is 92.9 Å². The average molecular weight is 863 g/mol. The average Bonchev–Trinajstić information content (AvgIpc) is 3.23. The molecule has 2 unspecified atom stereocenters. The summed E-state index contributed by atoms with van der Waals surface area (Å²) in [5.74, 6) is -1.59. The Bertz CT molecular complexity index is 1810. The first-order valence-electron chi connectivity index (χ1n) is 20.2. The monoisotopic (exact) mass is 862 g/mol. The van der Waals surface area contributed by atoms with Crippen LogP contribution in [0, 0.1) is 11.8 Å². The quantitative estimate of drug-likeness (QED) is 0.0525. The molecule has 2 aliphatic carbocycles. The molecule has 0 amide bonds. The van der Waals surface area contributed by atoms with Gasteiger partial charge in [0.15, 0.2) is 11.6 Å². The lowest BCUT2D eigenvalue weighted by atomic mass is 9.83. The number of rotatable bonds is 19. The summed E-state index contributed by atoms with van der Waals surface area (Å²) in [6, 6.07) is 17.9. The minimum absolute atomic E-state index is 0.0634. The van der Waals surface area contributed by atoms with Crippen LogP contribution >= 0.6 is 0 Å². The third kappa shape index (κ3) is 15.5. The summed E-state index contributed by atoms with van der Waals surface area (Å²) in [4.78, 5) is 26.7. The van der Waals surface area contributed by atoms with E-state index < -0.39 is 67.5 Å². The van der Waals surface area contributed by atoms with Gasteiger partial charge in [-0.3, -0.25) is 9.59 Å². The highest BCUT2D eigenvalue weighted by Crippen LogP contribution is 2.33. The smallest absolute Gasteiger partial charge is 0.411 e. The van der Waals surface area contributed by atoms with E-state index in [2.05, 4.69) is 0 Å². The Morgan fingerprint density at radius 2 is 1.02 bits per heavy atom. The topological polar surface area (TPSA) is 164 Å². The van der Waals surface area contributed by atoms with Crippen molar-refractivity contribution < 1.29 is 65.1 Å². The van der Waals surface area contributed by atoms with Crippen molar-refractivity contribution in [2.45, 2.75) is 94.1 Å². The fourth-order valence-corrected chi connectivity index (χ4v) is 7.45. The van der Waals surface area contributed by atoms with Gasteiger partial charge in [-0.2, -0.15) is 26.3 Å². The second-order valence-electron chi connectivity index (χ2n) is 15.7. The molecule has 0 spiro atoms. The van der Waals surface area contributed by atoms with Gasteiger partial charge < -0.3 is 40.6 Å². The number of alkyl halides is 6. The lowest BCUT2D eigenvalue weighted by Crippen LogP contribution is -2.39. The molecule has 16 heteroatoms. The van der Waals surface area contributed by atoms with Crippen LogP contribution in [0.15, 0.2) is 78.9 Å². The van der Waals surface area contributed by atoms with Crippen molar-refractivity contribution in [3.8, 4) is 11.5 Å². The SMILES string of the molecule is Nc1ccc(C(C(O)C(=O)/C=C/c2ccc(OCC3CCC(OCC(F)(F)F)CC3)cc2)C(O)C(=O)/C=C/c2ccc(OCC3CCC(OCC(F)(F)F)CC3)cc2)c(N)c1. The van der Waals surface area contributed by atoms with Crippen molar-refractivity contribution in [3.05, 3.63) is 95.6 Å². The van der Waals surface area contributed by atoms with Crippen molar-refractivity contribution in [1.29, 1.82) is 0 Å². The molecule has 0 aliphatic heterocycles. The first-order chi connectivity index (χ1) is 28.9. The minimum Gasteiger partial charge on any atom is -0.493 e. The Kier molecular flexibility index (Phi) is 16.8. The van der Waals surface area contributed by atoms with Gasteiger partial charge in [0, 0.05) is 11.4 Å². The second-order valence-corrected chi connectivity index (χ2v) is 15.7. The number of ether oxygens (including phenoxy) is 4. The first kappa shape index (κ1) is 47.2. The summed E-state index contributed by atoms with van der Waals surface area (Å²) in [5.41, 5.74) is 13.7. The highest BCUT2D eigenvalue weighted by Gasteiger charge is 2.37. The van der Waals surface area contributed by atoms with E-state index in [1.807, 2.05) is 0 Å². The van der Waals surface area contributed by atoms with Crippen molar-refractivity contribution >= 4 is 35.1 Å². The molecule has 10 nitrogen and oxygen atoms in total. The van der Waals surface area contributed by atoms with Crippen LogP contribution in [0.2, 0.25) is 0 Å². The van der Waals surface area contributed by atoms with E-state index >= 15 is 0 Å². The van der Waals surface area contributed by atoms with Crippen LogP contribution in [-0.2, 0) is 19.1 Å². The van der Waals surface area contributed by atoms with Gasteiger partial charge in [0.1, 0.15) is 36.9 Å². The number of carbonyl (C=O) groups excluding carboxylic acids is 2. The van der Waals surface area contributed by atoms with E-state index in [-0.39, 0.29) is 23.1 Å². The van der Waals surface area contributed by atoms with E-state index in [4.69, 9.17) is 30.4 Å². The predicted octanol–water partition coefficient (Wildman–Crippen LogP) is 8.25. The first-order valence-corrected chi connectivity index (χ1v) is 20.2. The van der Waals surface area contributed by atoms with Crippen molar-refractivity contribution in [2.24, 2.45) is 11.8 Å². The molecule has 0 radical (unpaired) electrons. The molecular weight excluding hydrogens is 810 g/mol. The van der Waals surface area contributed by atoms with Crippen LogP contribution in [0.5, 0.6) is 11.5 Å². The van der Waals surface area contributed by atoms with Crippen LogP contribution in [0.3, 0.4) is 0 Å². The van der Waals surface area contributed by atoms with Crippen LogP contribution < -0.4 is 20.9 Å². The van der Waals surface area contributed by atoms with E-state index in [1.54, 1.807) is 48.5 Å². The van der Waals surface area contributed by atoms with Crippen LogP contribution in [0.4, 0.5) is 37.7 Å². The number of halogens is 6. The maximum Gasteiger partial charge on any atom is 0.411 e. The van der Waals surface area contributed by atoms with E-state index in [1.165, 1.54) is 30.4 Å². The Hall–Kier alpha value is -4.90. The molecule has 0 aromatic heterocycles. The third-order valence-electron chi connectivity index (χ3n) is 10.9. The largest absolute Gasteiger partial charge is 0.493 e. The number of nitrogen functional groups attached to an aromatic ring is 2. The zero-order chi connectivity index (χ0) is 44.2. The summed E-state index contributed by atoms with van der Waals surface area (Å²) < 4.78 is 96.5. The van der Waals surface area contributed by atoms with Crippen molar-refractivity contribution in [3.63, 3.8) is 0 Å². The molecule has 5 rings (SSSR count). The summed E-state index contributed by atoms with van der Waals surface area (Å²) in [7, 11) is 0. The Morgan fingerprint density at radius 1 is 0.623 bits per heavy atom. The molecule has 2 aliphatic rings. The molecule has 2 atom stereocenters. The van der Waals surface area contributed by atoms with Crippen molar-refractivity contribution in [2.75, 3.05) is 37.9 Å². The zero-order valence-corrected chi connectivity index (χ0v) is 33.5.